The number of hydrogen-bond acceptors (Lipinski definition) is 5. The summed E-state index contributed by atoms with van der Waals surface area (Å²) in [7, 11) is 0. The highest BCUT2D eigenvalue weighted by Crippen LogP contribution is 2.32. The van der Waals surface area contributed by atoms with Crippen LogP contribution in [0, 0.1) is 3.57 Å². The molecule has 1 aromatic carbocycles. The Labute approximate surface area is 177 Å². The smallest absolute Gasteiger partial charge is 0.435 e. The van der Waals surface area contributed by atoms with Gasteiger partial charge in [-0.2, -0.15) is 23.3 Å². The van der Waals surface area contributed by atoms with Crippen LogP contribution in [0.2, 0.25) is 5.28 Å². The summed E-state index contributed by atoms with van der Waals surface area (Å²) < 4.78 is 46.1. The Balaban J connectivity index is 1.79. The number of ether oxygens (including phenoxy) is 1. The quantitative estimate of drug-likeness (QED) is 0.366. The molecule has 6 nitrogen and oxygen atoms in total. The standard InChI is InChI=1S/C17H14ClF3IN5O/c1-2-28-14-7-13(17(19,20)21)26-27(14)11-5-3-10(4-6-11)8-23-15-12(22)9-24-16(18)25-15/h3-7,9H,2,8H2,1H3,(H,23,24,25). The number of halogens is 5. The second-order valence-corrected chi connectivity index (χ2v) is 7.07. The third kappa shape index (κ3) is 4.85. The first-order valence-electron chi connectivity index (χ1n) is 8.09. The number of rotatable bonds is 6. The molecule has 11 heteroatoms. The molecule has 1 N–H and O–H groups in total. The Kier molecular flexibility index (Phi) is 6.28. The SMILES string of the molecule is CCOc1cc(C(F)(F)F)nn1-c1ccc(CNc2nc(Cl)ncc2I)cc1. The van der Waals surface area contributed by atoms with E-state index in [0.29, 0.717) is 18.1 Å². The van der Waals surface area contributed by atoms with Crippen LogP contribution in [0.15, 0.2) is 36.5 Å². The second kappa shape index (κ2) is 8.52. The van der Waals surface area contributed by atoms with E-state index in [4.69, 9.17) is 16.3 Å². The van der Waals surface area contributed by atoms with Gasteiger partial charge in [0, 0.05) is 18.8 Å². The van der Waals surface area contributed by atoms with Gasteiger partial charge in [-0.05, 0) is 58.8 Å². The minimum absolute atomic E-state index is 0.0332. The van der Waals surface area contributed by atoms with Crippen molar-refractivity contribution in [1.82, 2.24) is 19.7 Å². The van der Waals surface area contributed by atoms with Crippen LogP contribution in [0.3, 0.4) is 0 Å². The van der Waals surface area contributed by atoms with Crippen LogP contribution >= 0.6 is 34.2 Å². The van der Waals surface area contributed by atoms with Gasteiger partial charge in [0.15, 0.2) is 5.69 Å². The van der Waals surface area contributed by atoms with Gasteiger partial charge < -0.3 is 10.1 Å². The first kappa shape index (κ1) is 20.6. The maximum Gasteiger partial charge on any atom is 0.435 e. The number of nitrogens with one attached hydrogen (secondary N) is 1. The van der Waals surface area contributed by atoms with Crippen molar-refractivity contribution in [2.75, 3.05) is 11.9 Å². The zero-order valence-electron chi connectivity index (χ0n) is 14.5. The summed E-state index contributed by atoms with van der Waals surface area (Å²) in [6.45, 7) is 2.38. The highest BCUT2D eigenvalue weighted by atomic mass is 127. The monoisotopic (exact) mass is 523 g/mol. The number of hydrogen-bond donors (Lipinski definition) is 1. The maximum absolute atomic E-state index is 13.0. The van der Waals surface area contributed by atoms with E-state index in [0.717, 1.165) is 19.9 Å². The predicted octanol–water partition coefficient (Wildman–Crippen LogP) is 4.95. The van der Waals surface area contributed by atoms with Crippen molar-refractivity contribution < 1.29 is 17.9 Å². The van der Waals surface area contributed by atoms with Crippen LogP contribution in [0.5, 0.6) is 5.88 Å². The lowest BCUT2D eigenvalue weighted by atomic mass is 10.2. The molecule has 28 heavy (non-hydrogen) atoms. The average molecular weight is 524 g/mol. The lowest BCUT2D eigenvalue weighted by molar-refractivity contribution is -0.141. The summed E-state index contributed by atoms with van der Waals surface area (Å²) in [6.07, 6.45) is -2.94. The molecule has 148 valence electrons. The Hall–Kier alpha value is -2.08. The van der Waals surface area contributed by atoms with Crippen LogP contribution in [-0.4, -0.2) is 26.4 Å². The van der Waals surface area contributed by atoms with Gasteiger partial charge in [0.05, 0.1) is 15.9 Å². The number of benzene rings is 1. The molecule has 3 aromatic rings. The Morgan fingerprint density at radius 2 is 1.96 bits per heavy atom. The Morgan fingerprint density at radius 1 is 1.25 bits per heavy atom. The van der Waals surface area contributed by atoms with Gasteiger partial charge in [0.1, 0.15) is 5.82 Å². The van der Waals surface area contributed by atoms with Crippen molar-refractivity contribution in [3.8, 4) is 11.6 Å². The molecule has 0 spiro atoms. The van der Waals surface area contributed by atoms with Gasteiger partial charge >= 0.3 is 6.18 Å². The zero-order chi connectivity index (χ0) is 20.3. The highest BCUT2D eigenvalue weighted by Gasteiger charge is 2.35. The fourth-order valence-corrected chi connectivity index (χ4v) is 2.93. The van der Waals surface area contributed by atoms with E-state index >= 15 is 0 Å². The third-order valence-electron chi connectivity index (χ3n) is 3.61. The minimum atomic E-state index is -4.54. The van der Waals surface area contributed by atoms with E-state index in [1.807, 2.05) is 0 Å². The van der Waals surface area contributed by atoms with Crippen LogP contribution in [0.1, 0.15) is 18.2 Å². The van der Waals surface area contributed by atoms with Crippen molar-refractivity contribution in [3.05, 3.63) is 56.6 Å². The van der Waals surface area contributed by atoms with E-state index in [2.05, 4.69) is 43.0 Å². The average Bonchev–Trinajstić information content (AvgIpc) is 3.08. The molecular weight excluding hydrogens is 510 g/mol. The maximum atomic E-state index is 13.0. The lowest BCUT2D eigenvalue weighted by Crippen LogP contribution is -2.08. The normalized spacial score (nSPS) is 11.5. The zero-order valence-corrected chi connectivity index (χ0v) is 17.4. The van der Waals surface area contributed by atoms with Gasteiger partial charge in [-0.3, -0.25) is 0 Å². The first-order valence-corrected chi connectivity index (χ1v) is 9.55. The summed E-state index contributed by atoms with van der Waals surface area (Å²) in [5.41, 5.74) is 0.356. The van der Waals surface area contributed by atoms with Crippen molar-refractivity contribution in [2.45, 2.75) is 19.6 Å². The van der Waals surface area contributed by atoms with Gasteiger partial charge in [-0.25, -0.2) is 9.67 Å². The fourth-order valence-electron chi connectivity index (χ4n) is 2.35. The fraction of sp³-hybridized carbons (Fsp3) is 0.235. The molecule has 0 aliphatic carbocycles. The molecule has 0 unspecified atom stereocenters. The molecule has 0 aliphatic rings. The number of alkyl halides is 3. The molecule has 2 aromatic heterocycles. The minimum Gasteiger partial charge on any atom is -0.478 e. The predicted molar refractivity (Wildman–Crippen MR) is 107 cm³/mol. The van der Waals surface area contributed by atoms with E-state index in [1.54, 1.807) is 37.4 Å². The lowest BCUT2D eigenvalue weighted by Gasteiger charge is -2.10. The van der Waals surface area contributed by atoms with E-state index in [1.165, 1.54) is 0 Å². The molecule has 0 saturated carbocycles. The molecule has 0 aliphatic heterocycles. The van der Waals surface area contributed by atoms with Crippen molar-refractivity contribution in [1.29, 1.82) is 0 Å². The number of nitrogens with zero attached hydrogens (tertiary/aromatic N) is 4. The molecule has 0 fully saturated rings. The number of anilines is 1. The Morgan fingerprint density at radius 3 is 2.61 bits per heavy atom. The second-order valence-electron chi connectivity index (χ2n) is 5.57. The van der Waals surface area contributed by atoms with Gasteiger partial charge in [0.25, 0.3) is 0 Å². The van der Waals surface area contributed by atoms with E-state index in [9.17, 15) is 13.2 Å². The summed E-state index contributed by atoms with van der Waals surface area (Å²) in [5, 5.41) is 6.92. The van der Waals surface area contributed by atoms with Gasteiger partial charge in [0.2, 0.25) is 11.2 Å². The molecule has 3 rings (SSSR count). The molecule has 0 bridgehead atoms. The van der Waals surface area contributed by atoms with E-state index in [-0.39, 0.29) is 17.8 Å². The largest absolute Gasteiger partial charge is 0.478 e. The van der Waals surface area contributed by atoms with Crippen LogP contribution in [-0.2, 0) is 12.7 Å². The van der Waals surface area contributed by atoms with Gasteiger partial charge in [-0.15, -0.1) is 0 Å². The topological polar surface area (TPSA) is 64.9 Å². The van der Waals surface area contributed by atoms with Crippen molar-refractivity contribution >= 4 is 40.0 Å². The summed E-state index contributed by atoms with van der Waals surface area (Å²) >= 11 is 7.88. The summed E-state index contributed by atoms with van der Waals surface area (Å²) in [6, 6.07) is 7.79. The number of aromatic nitrogens is 4. The molecule has 0 saturated heterocycles. The molecule has 0 atom stereocenters. The Bertz CT molecular complexity index is 962. The molecule has 0 radical (unpaired) electrons. The molecule has 0 amide bonds. The summed E-state index contributed by atoms with van der Waals surface area (Å²) in [5.74, 6) is 0.635. The van der Waals surface area contributed by atoms with E-state index < -0.39 is 11.9 Å². The van der Waals surface area contributed by atoms with Crippen LogP contribution in [0.4, 0.5) is 19.0 Å². The molecule has 2 heterocycles. The van der Waals surface area contributed by atoms with Gasteiger partial charge in [-0.1, -0.05) is 12.1 Å². The van der Waals surface area contributed by atoms with Crippen molar-refractivity contribution in [2.24, 2.45) is 0 Å². The summed E-state index contributed by atoms with van der Waals surface area (Å²) in [4.78, 5) is 8.00. The van der Waals surface area contributed by atoms with Crippen LogP contribution < -0.4 is 10.1 Å². The molecular formula is C17H14ClF3IN5O. The van der Waals surface area contributed by atoms with Crippen molar-refractivity contribution in [3.63, 3.8) is 0 Å². The third-order valence-corrected chi connectivity index (χ3v) is 4.59. The van der Waals surface area contributed by atoms with Crippen LogP contribution in [0.25, 0.3) is 5.69 Å². The first-order chi connectivity index (χ1) is 13.3. The highest BCUT2D eigenvalue weighted by molar-refractivity contribution is 14.1.